The van der Waals surface area contributed by atoms with Gasteiger partial charge >= 0.3 is 0 Å². The molecule has 0 aromatic heterocycles. The molecule has 1 aliphatic heterocycles. The van der Waals surface area contributed by atoms with Crippen LogP contribution in [0.4, 0.5) is 0 Å². The lowest BCUT2D eigenvalue weighted by atomic mass is 9.85. The number of rotatable bonds is 1. The average Bonchev–Trinajstić information content (AvgIpc) is 2.54. The lowest BCUT2D eigenvalue weighted by molar-refractivity contribution is 0.260. The first-order valence-corrected chi connectivity index (χ1v) is 5.49. The van der Waals surface area contributed by atoms with Crippen LogP contribution in [0.5, 0.6) is 0 Å². The van der Waals surface area contributed by atoms with Crippen molar-refractivity contribution in [2.24, 2.45) is 17.8 Å². The molecule has 2 fully saturated rings. The fraction of sp³-hybridized carbons (Fsp3) is 1.00. The molecule has 12 heavy (non-hydrogen) atoms. The molecule has 2 rings (SSSR count). The van der Waals surface area contributed by atoms with Crippen LogP contribution in [-0.2, 0) is 0 Å². The third kappa shape index (κ3) is 1.82. The minimum atomic E-state index is 0.962. The van der Waals surface area contributed by atoms with E-state index in [2.05, 4.69) is 12.2 Å². The molecule has 1 saturated carbocycles. The fourth-order valence-electron chi connectivity index (χ4n) is 2.88. The Hall–Kier alpha value is -0.0400. The average molecular weight is 166 g/mol. The van der Waals surface area contributed by atoms with Gasteiger partial charge in [-0.3, -0.25) is 0 Å². The lowest BCUT2D eigenvalue weighted by Gasteiger charge is -2.27. The van der Waals surface area contributed by atoms with Crippen molar-refractivity contribution in [1.82, 2.24) is 5.32 Å². The van der Waals surface area contributed by atoms with Gasteiger partial charge in [-0.1, -0.05) is 13.3 Å². The van der Waals surface area contributed by atoms with Gasteiger partial charge in [0.15, 0.2) is 0 Å². The second kappa shape index (κ2) is 3.78. The first-order valence-electron chi connectivity index (χ1n) is 5.49. The normalized spacial score (nSPS) is 43.2. The molecule has 0 aromatic rings. The van der Waals surface area contributed by atoms with Crippen LogP contribution in [0.1, 0.15) is 39.0 Å². The first kappa shape index (κ1) is 8.55. The summed E-state index contributed by atoms with van der Waals surface area (Å²) in [4.78, 5) is 0. The Balaban J connectivity index is 1.83. The second-order valence-corrected chi connectivity index (χ2v) is 4.71. The third-order valence-electron chi connectivity index (χ3n) is 3.66. The molecule has 0 N–H and O–H groups in total. The zero-order valence-electron chi connectivity index (χ0n) is 8.13. The largest absolute Gasteiger partial charge is 0.241 e. The standard InChI is InChI=1S/C11H20N/c1-9-4-5-10(7-9)11-3-2-6-12-8-11/h9-11H,2-8H2,1H3. The van der Waals surface area contributed by atoms with E-state index in [0.717, 1.165) is 24.3 Å². The van der Waals surface area contributed by atoms with Crippen LogP contribution in [0.2, 0.25) is 0 Å². The van der Waals surface area contributed by atoms with Gasteiger partial charge in [-0.15, -0.1) is 0 Å². The second-order valence-electron chi connectivity index (χ2n) is 4.71. The van der Waals surface area contributed by atoms with Crippen molar-refractivity contribution in [1.29, 1.82) is 0 Å². The fourth-order valence-corrected chi connectivity index (χ4v) is 2.88. The van der Waals surface area contributed by atoms with Gasteiger partial charge < -0.3 is 0 Å². The van der Waals surface area contributed by atoms with E-state index in [1.54, 1.807) is 0 Å². The summed E-state index contributed by atoms with van der Waals surface area (Å²) >= 11 is 0. The summed E-state index contributed by atoms with van der Waals surface area (Å²) in [7, 11) is 0. The van der Waals surface area contributed by atoms with Gasteiger partial charge in [-0.2, -0.15) is 0 Å². The van der Waals surface area contributed by atoms with Gasteiger partial charge in [0, 0.05) is 13.1 Å². The Kier molecular flexibility index (Phi) is 2.69. The highest BCUT2D eigenvalue weighted by Crippen LogP contribution is 2.37. The van der Waals surface area contributed by atoms with E-state index in [1.165, 1.54) is 38.6 Å². The summed E-state index contributed by atoms with van der Waals surface area (Å²) in [6.07, 6.45) is 7.26. The Morgan fingerprint density at radius 2 is 2.00 bits per heavy atom. The lowest BCUT2D eigenvalue weighted by Crippen LogP contribution is -2.28. The van der Waals surface area contributed by atoms with Gasteiger partial charge in [0.1, 0.15) is 0 Å². The highest BCUT2D eigenvalue weighted by atomic mass is 14.9. The van der Waals surface area contributed by atoms with Crippen LogP contribution in [0.3, 0.4) is 0 Å². The number of hydrogen-bond donors (Lipinski definition) is 0. The van der Waals surface area contributed by atoms with Crippen molar-refractivity contribution in [2.75, 3.05) is 13.1 Å². The smallest absolute Gasteiger partial charge is 0.0164 e. The maximum atomic E-state index is 4.53. The van der Waals surface area contributed by atoms with Gasteiger partial charge in [-0.05, 0) is 43.4 Å². The summed E-state index contributed by atoms with van der Waals surface area (Å²) in [5.74, 6) is 2.99. The molecule has 1 saturated heterocycles. The summed E-state index contributed by atoms with van der Waals surface area (Å²) < 4.78 is 0. The van der Waals surface area contributed by atoms with Crippen molar-refractivity contribution in [3.63, 3.8) is 0 Å². The SMILES string of the molecule is CC1CCC(C2CCC[N]C2)C1. The topological polar surface area (TPSA) is 14.1 Å². The highest BCUT2D eigenvalue weighted by Gasteiger charge is 2.29. The summed E-state index contributed by atoms with van der Waals surface area (Å²) in [6.45, 7) is 4.72. The molecule has 2 aliphatic rings. The molecule has 69 valence electrons. The minimum absolute atomic E-state index is 0.962. The molecule has 3 atom stereocenters. The highest BCUT2D eigenvalue weighted by molar-refractivity contribution is 4.82. The third-order valence-corrected chi connectivity index (χ3v) is 3.66. The molecule has 0 aromatic carbocycles. The minimum Gasteiger partial charge on any atom is -0.241 e. The molecule has 1 heterocycles. The van der Waals surface area contributed by atoms with Gasteiger partial charge in [0.05, 0.1) is 0 Å². The van der Waals surface area contributed by atoms with Gasteiger partial charge in [-0.25, -0.2) is 5.32 Å². The molecular formula is C11H20N. The molecule has 1 heteroatoms. The monoisotopic (exact) mass is 166 g/mol. The van der Waals surface area contributed by atoms with Crippen molar-refractivity contribution in [2.45, 2.75) is 39.0 Å². The van der Waals surface area contributed by atoms with Crippen molar-refractivity contribution < 1.29 is 0 Å². The zero-order valence-corrected chi connectivity index (χ0v) is 8.13. The van der Waals surface area contributed by atoms with E-state index >= 15 is 0 Å². The van der Waals surface area contributed by atoms with Gasteiger partial charge in [0.2, 0.25) is 0 Å². The van der Waals surface area contributed by atoms with Crippen LogP contribution in [0, 0.1) is 17.8 Å². The van der Waals surface area contributed by atoms with E-state index in [0.29, 0.717) is 0 Å². The van der Waals surface area contributed by atoms with Crippen molar-refractivity contribution in [3.8, 4) is 0 Å². The molecule has 0 amide bonds. The Bertz CT molecular complexity index is 135. The molecule has 1 nitrogen and oxygen atoms in total. The predicted octanol–water partition coefficient (Wildman–Crippen LogP) is 2.44. The number of hydrogen-bond acceptors (Lipinski definition) is 0. The van der Waals surface area contributed by atoms with E-state index in [9.17, 15) is 0 Å². The van der Waals surface area contributed by atoms with Crippen LogP contribution in [-0.4, -0.2) is 13.1 Å². The van der Waals surface area contributed by atoms with Crippen molar-refractivity contribution >= 4 is 0 Å². The molecular weight excluding hydrogens is 146 g/mol. The first-order chi connectivity index (χ1) is 5.86. The summed E-state index contributed by atoms with van der Waals surface area (Å²) in [6, 6.07) is 0. The van der Waals surface area contributed by atoms with Crippen LogP contribution in [0.15, 0.2) is 0 Å². The quantitative estimate of drug-likeness (QED) is 0.568. The predicted molar refractivity (Wildman–Crippen MR) is 51.1 cm³/mol. The summed E-state index contributed by atoms with van der Waals surface area (Å²) in [5, 5.41) is 4.53. The number of piperidine rings is 1. The maximum Gasteiger partial charge on any atom is 0.0164 e. The maximum absolute atomic E-state index is 4.53. The molecule has 0 spiro atoms. The molecule has 1 aliphatic carbocycles. The Labute approximate surface area is 75.9 Å². The van der Waals surface area contributed by atoms with Crippen LogP contribution in [0.25, 0.3) is 0 Å². The number of nitrogens with zero attached hydrogens (tertiary/aromatic N) is 1. The molecule has 3 unspecified atom stereocenters. The van der Waals surface area contributed by atoms with E-state index in [1.807, 2.05) is 0 Å². The molecule has 1 radical (unpaired) electrons. The zero-order chi connectivity index (χ0) is 8.39. The Morgan fingerprint density at radius 3 is 2.58 bits per heavy atom. The van der Waals surface area contributed by atoms with E-state index < -0.39 is 0 Å². The van der Waals surface area contributed by atoms with Crippen LogP contribution >= 0.6 is 0 Å². The van der Waals surface area contributed by atoms with E-state index in [-0.39, 0.29) is 0 Å². The van der Waals surface area contributed by atoms with Gasteiger partial charge in [0.25, 0.3) is 0 Å². The summed E-state index contributed by atoms with van der Waals surface area (Å²) in [5.41, 5.74) is 0. The van der Waals surface area contributed by atoms with E-state index in [4.69, 9.17) is 0 Å². The Morgan fingerprint density at radius 1 is 1.08 bits per heavy atom. The van der Waals surface area contributed by atoms with Crippen molar-refractivity contribution in [3.05, 3.63) is 0 Å². The van der Waals surface area contributed by atoms with Crippen LogP contribution < -0.4 is 5.32 Å². The molecule has 0 bridgehead atoms.